The van der Waals surface area contributed by atoms with Crippen LogP contribution in [0.4, 0.5) is 0 Å². The quantitative estimate of drug-likeness (QED) is 0.740. The minimum atomic E-state index is 0.117. The van der Waals surface area contributed by atoms with Crippen molar-refractivity contribution in [1.29, 1.82) is 0 Å². The summed E-state index contributed by atoms with van der Waals surface area (Å²) in [5.74, 6) is 0. The van der Waals surface area contributed by atoms with Crippen molar-refractivity contribution in [3.63, 3.8) is 0 Å². The van der Waals surface area contributed by atoms with Gasteiger partial charge in [0.1, 0.15) is 0 Å². The molecule has 17 heavy (non-hydrogen) atoms. The van der Waals surface area contributed by atoms with Crippen molar-refractivity contribution in [2.45, 2.75) is 19.2 Å². The average Bonchev–Trinajstić information content (AvgIpc) is 3.20. The van der Waals surface area contributed by atoms with Crippen LogP contribution in [0.1, 0.15) is 30.3 Å². The van der Waals surface area contributed by atoms with Crippen molar-refractivity contribution in [2.24, 2.45) is 0 Å². The molecule has 1 aliphatic heterocycles. The number of hydrogen-bond donors (Lipinski definition) is 0. The lowest BCUT2D eigenvalue weighted by molar-refractivity contribution is 0.155. The Bertz CT molecular complexity index is 483. The molecule has 2 heteroatoms. The van der Waals surface area contributed by atoms with Crippen LogP contribution in [0, 0.1) is 0 Å². The first-order valence-electron chi connectivity index (χ1n) is 5.91. The number of hydrogen-bond acceptors (Lipinski definition) is 2. The molecule has 2 nitrogen and oxygen atoms in total. The minimum absolute atomic E-state index is 0.117. The van der Waals surface area contributed by atoms with E-state index in [4.69, 9.17) is 4.84 Å². The summed E-state index contributed by atoms with van der Waals surface area (Å²) < 4.78 is 0. The third-order valence-electron chi connectivity index (χ3n) is 3.16. The Morgan fingerprint density at radius 3 is 2.18 bits per heavy atom. The molecule has 1 heterocycles. The highest BCUT2D eigenvalue weighted by molar-refractivity contribution is 5.22. The molecule has 0 spiro atoms. The summed E-state index contributed by atoms with van der Waals surface area (Å²) >= 11 is 0. The lowest BCUT2D eigenvalue weighted by atomic mass is 10.1. The molecule has 0 radical (unpaired) electrons. The molecule has 0 bridgehead atoms. The largest absolute Gasteiger partial charge is 0.269 e. The lowest BCUT2D eigenvalue weighted by Crippen LogP contribution is -2.05. The highest BCUT2D eigenvalue weighted by Crippen LogP contribution is 2.43. The maximum Gasteiger partial charge on any atom is 0.180 e. The maximum atomic E-state index is 5.65. The maximum absolute atomic E-state index is 5.65. The number of rotatable bonds is 3. The zero-order chi connectivity index (χ0) is 11.7. The van der Waals surface area contributed by atoms with Crippen molar-refractivity contribution in [3.05, 3.63) is 71.8 Å². The molecule has 0 aliphatic carbocycles. The Kier molecular flexibility index (Phi) is 2.67. The summed E-state index contributed by atoms with van der Waals surface area (Å²) in [5.41, 5.74) is 2.50. The zero-order valence-electron chi connectivity index (χ0n) is 9.78. The molecule has 2 aromatic carbocycles. The van der Waals surface area contributed by atoms with E-state index in [1.54, 1.807) is 0 Å². The van der Waals surface area contributed by atoms with E-state index in [1.807, 2.05) is 29.3 Å². The summed E-state index contributed by atoms with van der Waals surface area (Å²) in [6.07, 6.45) is 0.117. The molecule has 0 N–H and O–H groups in total. The smallest absolute Gasteiger partial charge is 0.180 e. The van der Waals surface area contributed by atoms with Gasteiger partial charge in [0.2, 0.25) is 0 Å². The minimum Gasteiger partial charge on any atom is -0.269 e. The molecule has 0 aromatic heterocycles. The predicted octanol–water partition coefficient (Wildman–Crippen LogP) is 3.69. The number of nitrogens with zero attached hydrogens (tertiary/aromatic N) is 1. The third kappa shape index (κ3) is 2.09. The second kappa shape index (κ2) is 4.32. The van der Waals surface area contributed by atoms with Crippen LogP contribution < -0.4 is 0 Å². The van der Waals surface area contributed by atoms with E-state index < -0.39 is 0 Å². The van der Waals surface area contributed by atoms with Gasteiger partial charge in [-0.1, -0.05) is 60.7 Å². The van der Waals surface area contributed by atoms with E-state index in [0.717, 1.165) is 0 Å². The zero-order valence-corrected chi connectivity index (χ0v) is 9.78. The predicted molar refractivity (Wildman–Crippen MR) is 67.0 cm³/mol. The monoisotopic (exact) mass is 225 g/mol. The first-order valence-corrected chi connectivity index (χ1v) is 5.91. The fourth-order valence-electron chi connectivity index (χ4n) is 2.09. The fourth-order valence-corrected chi connectivity index (χ4v) is 2.09. The Morgan fingerprint density at radius 1 is 0.941 bits per heavy atom. The molecular formula is C15H15NO. The Morgan fingerprint density at radius 2 is 1.53 bits per heavy atom. The molecule has 1 unspecified atom stereocenters. The molecule has 0 saturated carbocycles. The topological polar surface area (TPSA) is 15.5 Å². The molecule has 3 rings (SSSR count). The van der Waals surface area contributed by atoms with Crippen LogP contribution in [0.2, 0.25) is 0 Å². The summed E-state index contributed by atoms with van der Waals surface area (Å²) in [7, 11) is 0. The van der Waals surface area contributed by atoms with Gasteiger partial charge < -0.3 is 0 Å². The van der Waals surface area contributed by atoms with Crippen molar-refractivity contribution >= 4 is 0 Å². The van der Waals surface area contributed by atoms with Crippen LogP contribution in [-0.2, 0) is 4.84 Å². The molecule has 0 amide bonds. The van der Waals surface area contributed by atoms with Gasteiger partial charge in [0.25, 0.3) is 0 Å². The summed E-state index contributed by atoms with van der Waals surface area (Å²) in [4.78, 5) is 5.65. The Labute approximate surface area is 101 Å². The van der Waals surface area contributed by atoms with Gasteiger partial charge in [0.15, 0.2) is 6.23 Å². The highest BCUT2D eigenvalue weighted by atomic mass is 16.8. The molecule has 86 valence electrons. The third-order valence-corrected chi connectivity index (χ3v) is 3.16. The first kappa shape index (κ1) is 10.5. The van der Waals surface area contributed by atoms with Crippen molar-refractivity contribution in [1.82, 2.24) is 5.06 Å². The van der Waals surface area contributed by atoms with Crippen molar-refractivity contribution in [3.8, 4) is 0 Å². The van der Waals surface area contributed by atoms with Gasteiger partial charge in [-0.25, -0.2) is 0 Å². The fraction of sp³-hybridized carbons (Fsp3) is 0.200. The van der Waals surface area contributed by atoms with E-state index in [2.05, 4.69) is 43.3 Å². The second-order valence-electron chi connectivity index (χ2n) is 4.31. The molecular weight excluding hydrogens is 210 g/mol. The van der Waals surface area contributed by atoms with Gasteiger partial charge in [-0.2, -0.15) is 0 Å². The summed E-state index contributed by atoms with van der Waals surface area (Å²) in [5, 5.41) is 2.03. The molecule has 2 aromatic rings. The molecule has 1 saturated heterocycles. The van der Waals surface area contributed by atoms with Gasteiger partial charge in [0.05, 0.1) is 6.04 Å². The normalized spacial score (nSPS) is 24.3. The average molecular weight is 225 g/mol. The van der Waals surface area contributed by atoms with Crippen molar-refractivity contribution < 1.29 is 4.84 Å². The number of hydroxylamine groups is 2. The number of benzene rings is 2. The highest BCUT2D eigenvalue weighted by Gasteiger charge is 2.41. The Balaban J connectivity index is 1.73. The van der Waals surface area contributed by atoms with Gasteiger partial charge >= 0.3 is 0 Å². The molecule has 1 fully saturated rings. The van der Waals surface area contributed by atoms with Crippen LogP contribution in [0.25, 0.3) is 0 Å². The molecule has 3 atom stereocenters. The van der Waals surface area contributed by atoms with Crippen LogP contribution in [-0.4, -0.2) is 5.06 Å². The van der Waals surface area contributed by atoms with Gasteiger partial charge in [-0.05, 0) is 18.1 Å². The van der Waals surface area contributed by atoms with E-state index in [9.17, 15) is 0 Å². The summed E-state index contributed by atoms with van der Waals surface area (Å²) in [6.45, 7) is 2.16. The van der Waals surface area contributed by atoms with E-state index in [-0.39, 0.29) is 6.23 Å². The van der Waals surface area contributed by atoms with Crippen molar-refractivity contribution in [2.75, 3.05) is 0 Å². The standard InChI is InChI=1S/C15H15NO/c1-12(13-8-4-2-5-9-13)16-15(17-16)14-10-6-3-7-11-14/h2-12,15H,1H3/t12-,15+,16?/m1/s1. The van der Waals surface area contributed by atoms with Crippen LogP contribution >= 0.6 is 0 Å². The van der Waals surface area contributed by atoms with Gasteiger partial charge in [0, 0.05) is 0 Å². The summed E-state index contributed by atoms with van der Waals surface area (Å²) in [6, 6.07) is 21.0. The molecule has 1 aliphatic rings. The Hall–Kier alpha value is -1.64. The van der Waals surface area contributed by atoms with Crippen LogP contribution in [0.3, 0.4) is 0 Å². The van der Waals surface area contributed by atoms with Gasteiger partial charge in [-0.3, -0.25) is 4.84 Å². The van der Waals surface area contributed by atoms with E-state index in [1.165, 1.54) is 11.1 Å². The van der Waals surface area contributed by atoms with E-state index in [0.29, 0.717) is 6.04 Å². The SMILES string of the molecule is C[C@H](c1ccccc1)N1O[C@H]1c1ccccc1. The first-order chi connectivity index (χ1) is 8.36. The van der Waals surface area contributed by atoms with E-state index >= 15 is 0 Å². The van der Waals surface area contributed by atoms with Crippen LogP contribution in [0.5, 0.6) is 0 Å². The van der Waals surface area contributed by atoms with Crippen LogP contribution in [0.15, 0.2) is 60.7 Å². The second-order valence-corrected chi connectivity index (χ2v) is 4.31. The van der Waals surface area contributed by atoms with Gasteiger partial charge in [-0.15, -0.1) is 5.06 Å². The lowest BCUT2D eigenvalue weighted by Gasteiger charge is -2.10.